The van der Waals surface area contributed by atoms with Gasteiger partial charge >= 0.3 is 0 Å². The molecule has 3 amide bonds. The molecule has 24 heavy (non-hydrogen) atoms. The molecule has 5 nitrogen and oxygen atoms in total. The highest BCUT2D eigenvalue weighted by Crippen LogP contribution is 2.35. The fraction of sp³-hybridized carbons (Fsp3) is 0.526. The number of imide groups is 1. The molecular weight excluding hydrogens is 304 g/mol. The summed E-state index contributed by atoms with van der Waals surface area (Å²) in [4.78, 5) is 36.9. The summed E-state index contributed by atoms with van der Waals surface area (Å²) in [5.74, 6) is 0.0426. The lowest BCUT2D eigenvalue weighted by atomic mass is 9.91. The second-order valence-corrected chi connectivity index (χ2v) is 6.69. The molecule has 1 saturated heterocycles. The van der Waals surface area contributed by atoms with Gasteiger partial charge in [-0.15, -0.1) is 0 Å². The molecule has 1 atom stereocenters. The molecule has 0 unspecified atom stereocenters. The van der Waals surface area contributed by atoms with Crippen LogP contribution in [0.15, 0.2) is 30.3 Å². The van der Waals surface area contributed by atoms with Gasteiger partial charge in [-0.05, 0) is 24.3 Å². The zero-order valence-electron chi connectivity index (χ0n) is 13.9. The minimum Gasteiger partial charge on any atom is -0.349 e. The van der Waals surface area contributed by atoms with E-state index in [1.54, 1.807) is 0 Å². The average molecular weight is 328 g/mol. The highest BCUT2D eigenvalue weighted by molar-refractivity contribution is 6.02. The summed E-state index contributed by atoms with van der Waals surface area (Å²) in [5.41, 5.74) is 1.13. The maximum Gasteiger partial charge on any atom is 0.229 e. The zero-order valence-corrected chi connectivity index (χ0v) is 13.9. The molecule has 2 fully saturated rings. The molecule has 1 saturated carbocycles. The molecule has 3 rings (SSSR count). The van der Waals surface area contributed by atoms with Crippen molar-refractivity contribution in [2.24, 2.45) is 5.92 Å². The summed E-state index contributed by atoms with van der Waals surface area (Å²) >= 11 is 0. The first-order valence-electron chi connectivity index (χ1n) is 8.82. The van der Waals surface area contributed by atoms with Gasteiger partial charge in [0.1, 0.15) is 0 Å². The number of rotatable bonds is 6. The Bertz CT molecular complexity index is 592. The maximum atomic E-state index is 12.4. The van der Waals surface area contributed by atoms with Gasteiger partial charge in [-0.3, -0.25) is 19.3 Å². The lowest BCUT2D eigenvalue weighted by Gasteiger charge is -2.25. The molecule has 5 heteroatoms. The molecule has 0 radical (unpaired) electrons. The van der Waals surface area contributed by atoms with Crippen molar-refractivity contribution in [2.45, 2.75) is 51.0 Å². The van der Waals surface area contributed by atoms with Crippen molar-refractivity contribution in [1.82, 2.24) is 10.2 Å². The van der Waals surface area contributed by atoms with Crippen molar-refractivity contribution in [3.63, 3.8) is 0 Å². The Labute approximate surface area is 142 Å². The van der Waals surface area contributed by atoms with E-state index >= 15 is 0 Å². The quantitative estimate of drug-likeness (QED) is 0.816. The summed E-state index contributed by atoms with van der Waals surface area (Å²) in [6.45, 7) is 0.190. The van der Waals surface area contributed by atoms with Gasteiger partial charge in [0, 0.05) is 25.8 Å². The monoisotopic (exact) mass is 328 g/mol. The molecule has 0 aromatic heterocycles. The average Bonchev–Trinajstić information content (AvgIpc) is 3.23. The van der Waals surface area contributed by atoms with Crippen LogP contribution in [0.2, 0.25) is 0 Å². The van der Waals surface area contributed by atoms with Crippen molar-refractivity contribution in [3.05, 3.63) is 35.9 Å². The number of amides is 3. The van der Waals surface area contributed by atoms with Crippen LogP contribution < -0.4 is 5.32 Å². The van der Waals surface area contributed by atoms with Crippen LogP contribution in [0.4, 0.5) is 0 Å². The van der Waals surface area contributed by atoms with Crippen LogP contribution in [0.5, 0.6) is 0 Å². The Kier molecular flexibility index (Phi) is 5.28. The van der Waals surface area contributed by atoms with Gasteiger partial charge in [0.2, 0.25) is 17.7 Å². The van der Waals surface area contributed by atoms with E-state index in [0.717, 1.165) is 18.4 Å². The molecule has 0 spiro atoms. The number of nitrogens with zero attached hydrogens (tertiary/aromatic N) is 1. The molecule has 1 aliphatic carbocycles. The third-order valence-corrected chi connectivity index (χ3v) is 5.06. The standard InChI is InChI=1S/C19H24N2O3/c22-16(12-13-21-17(23)10-11-18(21)24)20-19(15-8-4-5-9-15)14-6-2-1-3-7-14/h1-3,6-7,15,19H,4-5,8-13H2,(H,20,22)/t19-/m0/s1. The first-order valence-corrected chi connectivity index (χ1v) is 8.82. The number of carbonyl (C=O) groups is 3. The Morgan fingerprint density at radius 3 is 2.33 bits per heavy atom. The van der Waals surface area contributed by atoms with Crippen LogP contribution in [-0.2, 0) is 14.4 Å². The lowest BCUT2D eigenvalue weighted by Crippen LogP contribution is -2.37. The van der Waals surface area contributed by atoms with Crippen LogP contribution in [0, 0.1) is 5.92 Å². The van der Waals surface area contributed by atoms with E-state index in [0.29, 0.717) is 5.92 Å². The summed E-state index contributed by atoms with van der Waals surface area (Å²) in [7, 11) is 0. The Balaban J connectivity index is 1.61. The van der Waals surface area contributed by atoms with Crippen LogP contribution in [0.25, 0.3) is 0 Å². The van der Waals surface area contributed by atoms with Crippen molar-refractivity contribution in [3.8, 4) is 0 Å². The number of benzene rings is 1. The van der Waals surface area contributed by atoms with E-state index in [4.69, 9.17) is 0 Å². The number of carbonyl (C=O) groups excluding carboxylic acids is 3. The smallest absolute Gasteiger partial charge is 0.229 e. The van der Waals surface area contributed by atoms with E-state index < -0.39 is 0 Å². The molecule has 0 bridgehead atoms. The van der Waals surface area contributed by atoms with Crippen LogP contribution in [0.1, 0.15) is 56.6 Å². The first kappa shape index (κ1) is 16.7. The van der Waals surface area contributed by atoms with E-state index in [2.05, 4.69) is 17.4 Å². The summed E-state index contributed by atoms with van der Waals surface area (Å²) in [6, 6.07) is 10.1. The minimum absolute atomic E-state index is 0.0196. The van der Waals surface area contributed by atoms with Gasteiger partial charge in [0.05, 0.1) is 6.04 Å². The van der Waals surface area contributed by atoms with Gasteiger partial charge in [0.25, 0.3) is 0 Å². The molecule has 1 aliphatic heterocycles. The van der Waals surface area contributed by atoms with Crippen molar-refractivity contribution in [2.75, 3.05) is 6.54 Å². The van der Waals surface area contributed by atoms with Gasteiger partial charge in [-0.2, -0.15) is 0 Å². The normalized spacial score (nSPS) is 19.8. The summed E-state index contributed by atoms with van der Waals surface area (Å²) < 4.78 is 0. The third-order valence-electron chi connectivity index (χ3n) is 5.06. The molecule has 1 heterocycles. The molecule has 1 N–H and O–H groups in total. The fourth-order valence-corrected chi connectivity index (χ4v) is 3.76. The molecule has 1 aromatic rings. The van der Waals surface area contributed by atoms with Gasteiger partial charge in [-0.1, -0.05) is 43.2 Å². The largest absolute Gasteiger partial charge is 0.349 e. The summed E-state index contributed by atoms with van der Waals surface area (Å²) in [5, 5.41) is 3.14. The Hall–Kier alpha value is -2.17. The number of hydrogen-bond donors (Lipinski definition) is 1. The first-order chi connectivity index (χ1) is 11.6. The molecule has 1 aromatic carbocycles. The van der Waals surface area contributed by atoms with E-state index in [-0.39, 0.29) is 49.6 Å². The second kappa shape index (κ2) is 7.60. The number of likely N-dealkylation sites (tertiary alicyclic amines) is 1. The molecule has 2 aliphatic rings. The van der Waals surface area contributed by atoms with Gasteiger partial charge in [-0.25, -0.2) is 0 Å². The fourth-order valence-electron chi connectivity index (χ4n) is 3.76. The van der Waals surface area contributed by atoms with Crippen molar-refractivity contribution >= 4 is 17.7 Å². The topological polar surface area (TPSA) is 66.5 Å². The molecular formula is C19H24N2O3. The van der Waals surface area contributed by atoms with Crippen molar-refractivity contribution < 1.29 is 14.4 Å². The SMILES string of the molecule is O=C(CCN1C(=O)CCC1=O)N[C@@H](c1ccccc1)C1CCCC1. The van der Waals surface area contributed by atoms with Crippen LogP contribution in [0.3, 0.4) is 0 Å². The molecule has 128 valence electrons. The number of nitrogens with one attached hydrogen (secondary N) is 1. The van der Waals surface area contributed by atoms with E-state index in [9.17, 15) is 14.4 Å². The van der Waals surface area contributed by atoms with Gasteiger partial charge in [0.15, 0.2) is 0 Å². The van der Waals surface area contributed by atoms with Crippen LogP contribution >= 0.6 is 0 Å². The maximum absolute atomic E-state index is 12.4. The highest BCUT2D eigenvalue weighted by Gasteiger charge is 2.30. The third kappa shape index (κ3) is 3.83. The summed E-state index contributed by atoms with van der Waals surface area (Å²) in [6.07, 6.45) is 5.39. The second-order valence-electron chi connectivity index (χ2n) is 6.69. The number of hydrogen-bond acceptors (Lipinski definition) is 3. The predicted molar refractivity (Wildman–Crippen MR) is 89.9 cm³/mol. The van der Waals surface area contributed by atoms with E-state index in [1.165, 1.54) is 17.7 Å². The lowest BCUT2D eigenvalue weighted by molar-refractivity contribution is -0.138. The highest BCUT2D eigenvalue weighted by atomic mass is 16.2. The van der Waals surface area contributed by atoms with E-state index in [1.807, 2.05) is 18.2 Å². The Morgan fingerprint density at radius 1 is 1.08 bits per heavy atom. The Morgan fingerprint density at radius 2 is 1.71 bits per heavy atom. The van der Waals surface area contributed by atoms with Crippen molar-refractivity contribution in [1.29, 1.82) is 0 Å². The zero-order chi connectivity index (χ0) is 16.9. The van der Waals surface area contributed by atoms with Gasteiger partial charge < -0.3 is 5.32 Å². The minimum atomic E-state index is -0.164. The van der Waals surface area contributed by atoms with Crippen LogP contribution in [-0.4, -0.2) is 29.2 Å². The predicted octanol–water partition coefficient (Wildman–Crippen LogP) is 2.57.